The quantitative estimate of drug-likeness (QED) is 0.416. The molecule has 110 valence electrons. The van der Waals surface area contributed by atoms with Gasteiger partial charge >= 0.3 is 0 Å². The summed E-state index contributed by atoms with van der Waals surface area (Å²) in [5.74, 6) is 0. The van der Waals surface area contributed by atoms with Crippen LogP contribution in [0.5, 0.6) is 0 Å². The van der Waals surface area contributed by atoms with Crippen LogP contribution in [0.15, 0.2) is 78.2 Å². The Morgan fingerprint density at radius 3 is 2.14 bits per heavy atom. The Morgan fingerprint density at radius 2 is 1.59 bits per heavy atom. The van der Waals surface area contributed by atoms with Gasteiger partial charge in [-0.05, 0) is 16.7 Å². The molecule has 6 nitrogen and oxygen atoms in total. The van der Waals surface area contributed by atoms with Crippen LogP contribution in [0.2, 0.25) is 0 Å². The highest BCUT2D eigenvalue weighted by Crippen LogP contribution is 2.00. The van der Waals surface area contributed by atoms with Gasteiger partial charge in [-0.3, -0.25) is 0 Å². The number of nitrogens with zero attached hydrogens (tertiary/aromatic N) is 6. The second-order valence-corrected chi connectivity index (χ2v) is 4.46. The summed E-state index contributed by atoms with van der Waals surface area (Å²) in [7, 11) is 0. The van der Waals surface area contributed by atoms with Crippen LogP contribution >= 0.6 is 0 Å². The van der Waals surface area contributed by atoms with Gasteiger partial charge in [-0.15, -0.1) is 5.10 Å². The average Bonchev–Trinajstić information content (AvgIpc) is 3.08. The van der Waals surface area contributed by atoms with Crippen molar-refractivity contribution in [2.75, 3.05) is 0 Å². The SMILES string of the molecule is [N-]=[N+]=NCc1ccccc1.c1ccc(Cn2ccnn2)cc1. The molecule has 22 heavy (non-hydrogen) atoms. The molecule has 0 amide bonds. The van der Waals surface area contributed by atoms with E-state index in [1.165, 1.54) is 5.56 Å². The smallest absolute Gasteiger partial charge is 0.0693 e. The first-order valence-corrected chi connectivity index (χ1v) is 6.81. The van der Waals surface area contributed by atoms with E-state index in [9.17, 15) is 0 Å². The van der Waals surface area contributed by atoms with E-state index < -0.39 is 0 Å². The van der Waals surface area contributed by atoms with E-state index in [4.69, 9.17) is 5.53 Å². The van der Waals surface area contributed by atoms with Gasteiger partial charge in [0.1, 0.15) is 0 Å². The van der Waals surface area contributed by atoms with Gasteiger partial charge in [-0.2, -0.15) is 0 Å². The molecule has 0 spiro atoms. The molecule has 3 rings (SSSR count). The second kappa shape index (κ2) is 8.94. The van der Waals surface area contributed by atoms with Gasteiger partial charge in [-0.25, -0.2) is 4.68 Å². The monoisotopic (exact) mass is 292 g/mol. The average molecular weight is 292 g/mol. The maximum Gasteiger partial charge on any atom is 0.0693 e. The second-order valence-electron chi connectivity index (χ2n) is 4.46. The third-order valence-corrected chi connectivity index (χ3v) is 2.82. The van der Waals surface area contributed by atoms with Crippen molar-refractivity contribution in [1.29, 1.82) is 0 Å². The molecule has 0 radical (unpaired) electrons. The summed E-state index contributed by atoms with van der Waals surface area (Å²) in [6, 6.07) is 19.8. The first kappa shape index (κ1) is 15.3. The van der Waals surface area contributed by atoms with Crippen LogP contribution < -0.4 is 0 Å². The van der Waals surface area contributed by atoms with E-state index in [0.717, 1.165) is 12.1 Å². The van der Waals surface area contributed by atoms with Gasteiger partial charge in [0.15, 0.2) is 0 Å². The van der Waals surface area contributed by atoms with Crippen molar-refractivity contribution < 1.29 is 0 Å². The van der Waals surface area contributed by atoms with Crippen LogP contribution in [0.1, 0.15) is 11.1 Å². The summed E-state index contributed by atoms with van der Waals surface area (Å²) in [4.78, 5) is 2.66. The number of aromatic nitrogens is 3. The predicted molar refractivity (Wildman–Crippen MR) is 84.9 cm³/mol. The third-order valence-electron chi connectivity index (χ3n) is 2.82. The largest absolute Gasteiger partial charge is 0.248 e. The fourth-order valence-electron chi connectivity index (χ4n) is 1.78. The number of benzene rings is 2. The van der Waals surface area contributed by atoms with Crippen molar-refractivity contribution in [3.05, 3.63) is 94.6 Å². The minimum Gasteiger partial charge on any atom is -0.248 e. The van der Waals surface area contributed by atoms with Crippen molar-refractivity contribution in [2.24, 2.45) is 5.11 Å². The standard InChI is InChI=1S/C9H9N3.C7H7N3/c1-2-4-9(5-3-1)8-12-7-6-10-11-12;8-10-9-6-7-4-2-1-3-5-7/h1-7H,8H2;1-5H,6H2. The Labute approximate surface area is 128 Å². The van der Waals surface area contributed by atoms with E-state index in [0.29, 0.717) is 6.54 Å². The molecule has 1 aromatic heterocycles. The number of rotatable bonds is 4. The number of azide groups is 1. The Balaban J connectivity index is 0.000000164. The van der Waals surface area contributed by atoms with Gasteiger partial charge in [0, 0.05) is 11.1 Å². The molecule has 0 saturated carbocycles. The topological polar surface area (TPSA) is 79.5 Å². The van der Waals surface area contributed by atoms with Crippen molar-refractivity contribution in [1.82, 2.24) is 15.0 Å². The molecular weight excluding hydrogens is 276 g/mol. The van der Waals surface area contributed by atoms with Gasteiger partial charge in [0.25, 0.3) is 0 Å². The molecule has 1 heterocycles. The first-order chi connectivity index (χ1) is 10.9. The van der Waals surface area contributed by atoms with Crippen molar-refractivity contribution in [3.63, 3.8) is 0 Å². The molecule has 0 aliphatic rings. The van der Waals surface area contributed by atoms with Gasteiger partial charge in [0.05, 0.1) is 19.3 Å². The van der Waals surface area contributed by atoms with E-state index in [1.54, 1.807) is 10.9 Å². The van der Waals surface area contributed by atoms with Crippen molar-refractivity contribution in [2.45, 2.75) is 13.1 Å². The molecule has 0 fully saturated rings. The molecule has 2 aromatic carbocycles. The molecule has 0 aliphatic carbocycles. The van der Waals surface area contributed by atoms with Gasteiger partial charge in [-0.1, -0.05) is 71.0 Å². The predicted octanol–water partition coefficient (Wildman–Crippen LogP) is 3.82. The lowest BCUT2D eigenvalue weighted by Crippen LogP contribution is -1.99. The summed E-state index contributed by atoms with van der Waals surface area (Å²) < 4.78 is 1.80. The minimum atomic E-state index is 0.442. The summed E-state index contributed by atoms with van der Waals surface area (Å²) in [5.41, 5.74) is 10.3. The van der Waals surface area contributed by atoms with Gasteiger partial charge in [0.2, 0.25) is 0 Å². The van der Waals surface area contributed by atoms with E-state index in [1.807, 2.05) is 54.7 Å². The molecule has 0 saturated heterocycles. The Morgan fingerprint density at radius 1 is 0.955 bits per heavy atom. The Kier molecular flexibility index (Phi) is 6.21. The first-order valence-electron chi connectivity index (χ1n) is 6.81. The van der Waals surface area contributed by atoms with E-state index in [-0.39, 0.29) is 0 Å². The summed E-state index contributed by atoms with van der Waals surface area (Å²) >= 11 is 0. The minimum absolute atomic E-state index is 0.442. The van der Waals surface area contributed by atoms with Crippen LogP contribution in [0.3, 0.4) is 0 Å². The van der Waals surface area contributed by atoms with Crippen LogP contribution in [-0.2, 0) is 13.1 Å². The highest BCUT2D eigenvalue weighted by molar-refractivity contribution is 5.15. The van der Waals surface area contributed by atoms with Gasteiger partial charge < -0.3 is 0 Å². The molecular formula is C16H16N6. The zero-order valence-electron chi connectivity index (χ0n) is 12.0. The normalized spacial score (nSPS) is 9.27. The third kappa shape index (κ3) is 5.48. The molecule has 3 aromatic rings. The van der Waals surface area contributed by atoms with Crippen molar-refractivity contribution >= 4 is 0 Å². The highest BCUT2D eigenvalue weighted by atomic mass is 15.4. The summed E-state index contributed by atoms with van der Waals surface area (Å²) in [6.07, 6.45) is 3.54. The van der Waals surface area contributed by atoms with Crippen LogP contribution in [-0.4, -0.2) is 15.0 Å². The number of hydrogen-bond acceptors (Lipinski definition) is 3. The molecule has 0 unspecified atom stereocenters. The maximum absolute atomic E-state index is 7.99. The van der Waals surface area contributed by atoms with Crippen LogP contribution in [0.25, 0.3) is 10.4 Å². The molecule has 0 aliphatic heterocycles. The molecule has 0 bridgehead atoms. The lowest BCUT2D eigenvalue weighted by atomic mass is 10.2. The Bertz CT molecular complexity index is 688. The fourth-order valence-corrected chi connectivity index (χ4v) is 1.78. The van der Waals surface area contributed by atoms with Crippen molar-refractivity contribution in [3.8, 4) is 0 Å². The highest BCUT2D eigenvalue weighted by Gasteiger charge is 1.92. The fraction of sp³-hybridized carbons (Fsp3) is 0.125. The van der Waals surface area contributed by atoms with Crippen LogP contribution in [0.4, 0.5) is 0 Å². The molecule has 0 atom stereocenters. The number of hydrogen-bond donors (Lipinski definition) is 0. The lowest BCUT2D eigenvalue weighted by Gasteiger charge is -1.98. The summed E-state index contributed by atoms with van der Waals surface area (Å²) in [6.45, 7) is 1.23. The zero-order valence-corrected chi connectivity index (χ0v) is 12.0. The zero-order chi connectivity index (χ0) is 15.5. The van der Waals surface area contributed by atoms with E-state index >= 15 is 0 Å². The van der Waals surface area contributed by atoms with Crippen LogP contribution in [0, 0.1) is 0 Å². The van der Waals surface area contributed by atoms with E-state index in [2.05, 4.69) is 32.5 Å². The maximum atomic E-state index is 7.99. The summed E-state index contributed by atoms with van der Waals surface area (Å²) in [5, 5.41) is 11.0. The lowest BCUT2D eigenvalue weighted by molar-refractivity contribution is 0.649. The molecule has 0 N–H and O–H groups in total. The molecule has 6 heteroatoms. The Hall–Kier alpha value is -3.11.